The Morgan fingerprint density at radius 3 is 2.29 bits per heavy atom. The molecule has 0 bridgehead atoms. The summed E-state index contributed by atoms with van der Waals surface area (Å²) in [4.78, 5) is 0. The van der Waals surface area contributed by atoms with Crippen molar-refractivity contribution in [3.8, 4) is 0 Å². The molecule has 0 saturated carbocycles. The highest BCUT2D eigenvalue weighted by molar-refractivity contribution is 9.11. The predicted octanol–water partition coefficient (Wildman–Crippen LogP) is 4.44. The molecule has 1 N–H and O–H groups in total. The molecule has 0 radical (unpaired) electrons. The van der Waals surface area contributed by atoms with Crippen LogP contribution in [0.2, 0.25) is 0 Å². The Kier molecular flexibility index (Phi) is 6.67. The second kappa shape index (κ2) is 8.78. The normalized spacial score (nSPS) is 12.0. The molecular weight excluding hydrogens is 326 g/mol. The van der Waals surface area contributed by atoms with E-state index in [9.17, 15) is 0 Å². The summed E-state index contributed by atoms with van der Waals surface area (Å²) in [6.07, 6.45) is 0. The van der Waals surface area contributed by atoms with Gasteiger partial charge in [0.05, 0.1) is 19.3 Å². The zero-order valence-corrected chi connectivity index (χ0v) is 13.6. The monoisotopic (exact) mass is 345 g/mol. The lowest BCUT2D eigenvalue weighted by Gasteiger charge is -2.19. The van der Waals surface area contributed by atoms with Crippen LogP contribution in [0.3, 0.4) is 0 Å². The summed E-state index contributed by atoms with van der Waals surface area (Å²) in [5.74, 6) is 0. The molecule has 1 atom stereocenters. The van der Waals surface area contributed by atoms with Crippen LogP contribution in [0.5, 0.6) is 0 Å². The number of nitrogens with one attached hydrogen (secondary N) is 1. The first-order chi connectivity index (χ1) is 10.3. The molecule has 0 unspecified atom stereocenters. The van der Waals surface area contributed by atoms with Crippen LogP contribution in [0.25, 0.3) is 0 Å². The fourth-order valence-electron chi connectivity index (χ4n) is 2.06. The molecule has 110 valence electrons. The third-order valence-electron chi connectivity index (χ3n) is 3.14. The first-order valence-corrected chi connectivity index (χ1v) is 7.78. The Bertz CT molecular complexity index is 542. The molecule has 0 aliphatic heterocycles. The minimum Gasteiger partial charge on any atom is -0.375 e. The molecule has 2 rings (SSSR count). The fraction of sp³-hybridized carbons (Fsp3) is 0.222. The van der Waals surface area contributed by atoms with Crippen molar-refractivity contribution in [2.75, 3.05) is 13.2 Å². The highest BCUT2D eigenvalue weighted by atomic mass is 79.9. The van der Waals surface area contributed by atoms with Crippen LogP contribution in [-0.2, 0) is 11.3 Å². The lowest BCUT2D eigenvalue weighted by Crippen LogP contribution is -2.26. The molecule has 0 spiro atoms. The molecule has 0 fully saturated rings. The number of benzene rings is 2. The minimum absolute atomic E-state index is 0.157. The van der Waals surface area contributed by atoms with E-state index < -0.39 is 0 Å². The van der Waals surface area contributed by atoms with Gasteiger partial charge in [-0.2, -0.15) is 0 Å². The van der Waals surface area contributed by atoms with Crippen molar-refractivity contribution in [1.29, 1.82) is 0 Å². The zero-order chi connectivity index (χ0) is 14.9. The van der Waals surface area contributed by atoms with Crippen LogP contribution in [0.4, 0.5) is 0 Å². The molecular formula is C18H20BrNO. The SMILES string of the molecule is C=C(Br)CN[C@@H](COCc1ccccc1)c1ccccc1. The van der Waals surface area contributed by atoms with E-state index in [1.165, 1.54) is 11.1 Å². The molecule has 0 aliphatic carbocycles. The lowest BCUT2D eigenvalue weighted by molar-refractivity contribution is 0.0995. The summed E-state index contributed by atoms with van der Waals surface area (Å²) in [5, 5.41) is 3.45. The van der Waals surface area contributed by atoms with Crippen molar-refractivity contribution < 1.29 is 4.74 Å². The molecule has 21 heavy (non-hydrogen) atoms. The van der Waals surface area contributed by atoms with Gasteiger partial charge in [-0.05, 0) is 11.1 Å². The number of hydrogen-bond acceptors (Lipinski definition) is 2. The van der Waals surface area contributed by atoms with Gasteiger partial charge in [0.15, 0.2) is 0 Å². The molecule has 0 amide bonds. The predicted molar refractivity (Wildman–Crippen MR) is 91.4 cm³/mol. The van der Waals surface area contributed by atoms with E-state index in [0.717, 1.165) is 4.48 Å². The quantitative estimate of drug-likeness (QED) is 0.763. The Labute approximate surface area is 135 Å². The van der Waals surface area contributed by atoms with E-state index in [-0.39, 0.29) is 6.04 Å². The van der Waals surface area contributed by atoms with Gasteiger partial charge in [-0.15, -0.1) is 0 Å². The average Bonchev–Trinajstić information content (AvgIpc) is 2.52. The van der Waals surface area contributed by atoms with Crippen molar-refractivity contribution >= 4 is 15.9 Å². The molecule has 2 aromatic rings. The van der Waals surface area contributed by atoms with Crippen molar-refractivity contribution in [3.05, 3.63) is 82.9 Å². The van der Waals surface area contributed by atoms with E-state index >= 15 is 0 Å². The van der Waals surface area contributed by atoms with Crippen LogP contribution >= 0.6 is 15.9 Å². The highest BCUT2D eigenvalue weighted by Gasteiger charge is 2.11. The number of ether oxygens (including phenoxy) is 1. The highest BCUT2D eigenvalue weighted by Crippen LogP contribution is 2.15. The van der Waals surface area contributed by atoms with Crippen molar-refractivity contribution in [1.82, 2.24) is 5.32 Å². The molecule has 0 saturated heterocycles. The number of halogens is 1. The topological polar surface area (TPSA) is 21.3 Å². The number of rotatable bonds is 8. The fourth-order valence-corrected chi connectivity index (χ4v) is 2.22. The zero-order valence-electron chi connectivity index (χ0n) is 12.0. The first-order valence-electron chi connectivity index (χ1n) is 6.99. The molecule has 0 aromatic heterocycles. The van der Waals surface area contributed by atoms with Gasteiger partial charge < -0.3 is 10.1 Å². The van der Waals surface area contributed by atoms with Crippen molar-refractivity contribution in [2.45, 2.75) is 12.6 Å². The first kappa shape index (κ1) is 16.0. The van der Waals surface area contributed by atoms with Crippen LogP contribution in [-0.4, -0.2) is 13.2 Å². The maximum absolute atomic E-state index is 5.86. The van der Waals surface area contributed by atoms with Gasteiger partial charge in [0.1, 0.15) is 0 Å². The molecule has 0 heterocycles. The minimum atomic E-state index is 0.157. The average molecular weight is 346 g/mol. The maximum Gasteiger partial charge on any atom is 0.0717 e. The molecule has 2 aromatic carbocycles. The van der Waals surface area contributed by atoms with E-state index in [1.807, 2.05) is 36.4 Å². The second-order valence-corrected chi connectivity index (χ2v) is 5.98. The summed E-state index contributed by atoms with van der Waals surface area (Å²) >= 11 is 3.38. The summed E-state index contributed by atoms with van der Waals surface area (Å²) in [6.45, 7) is 5.83. The third-order valence-corrected chi connectivity index (χ3v) is 3.42. The van der Waals surface area contributed by atoms with Gasteiger partial charge in [0.25, 0.3) is 0 Å². The molecule has 2 nitrogen and oxygen atoms in total. The van der Waals surface area contributed by atoms with Gasteiger partial charge >= 0.3 is 0 Å². The second-order valence-electron chi connectivity index (χ2n) is 4.86. The van der Waals surface area contributed by atoms with Gasteiger partial charge in [0.2, 0.25) is 0 Å². The van der Waals surface area contributed by atoms with E-state index in [0.29, 0.717) is 19.8 Å². The van der Waals surface area contributed by atoms with Gasteiger partial charge in [0, 0.05) is 11.0 Å². The van der Waals surface area contributed by atoms with E-state index in [4.69, 9.17) is 4.74 Å². The summed E-state index contributed by atoms with van der Waals surface area (Å²) in [5.41, 5.74) is 2.41. The van der Waals surface area contributed by atoms with Crippen LogP contribution < -0.4 is 5.32 Å². The van der Waals surface area contributed by atoms with Crippen LogP contribution in [0.15, 0.2) is 71.7 Å². The smallest absolute Gasteiger partial charge is 0.0717 e. The third kappa shape index (κ3) is 5.84. The van der Waals surface area contributed by atoms with Crippen molar-refractivity contribution in [2.24, 2.45) is 0 Å². The summed E-state index contributed by atoms with van der Waals surface area (Å²) < 4.78 is 6.80. The van der Waals surface area contributed by atoms with Gasteiger partial charge in [-0.25, -0.2) is 0 Å². The van der Waals surface area contributed by atoms with Gasteiger partial charge in [-0.3, -0.25) is 0 Å². The largest absolute Gasteiger partial charge is 0.375 e. The number of hydrogen-bond donors (Lipinski definition) is 1. The van der Waals surface area contributed by atoms with Crippen molar-refractivity contribution in [3.63, 3.8) is 0 Å². The summed E-state index contributed by atoms with van der Waals surface area (Å²) in [6, 6.07) is 20.7. The van der Waals surface area contributed by atoms with Gasteiger partial charge in [-0.1, -0.05) is 83.2 Å². The molecule has 3 heteroatoms. The lowest BCUT2D eigenvalue weighted by atomic mass is 10.1. The molecule has 0 aliphatic rings. The van der Waals surface area contributed by atoms with Crippen LogP contribution in [0, 0.1) is 0 Å². The Balaban J connectivity index is 1.91. The van der Waals surface area contributed by atoms with E-state index in [2.05, 4.69) is 52.1 Å². The summed E-state index contributed by atoms with van der Waals surface area (Å²) in [7, 11) is 0. The standard InChI is InChI=1S/C18H20BrNO/c1-15(19)12-20-18(17-10-6-3-7-11-17)14-21-13-16-8-4-2-5-9-16/h2-11,18,20H,1,12-14H2/t18-/m0/s1. The van der Waals surface area contributed by atoms with E-state index in [1.54, 1.807) is 0 Å². The van der Waals surface area contributed by atoms with Crippen LogP contribution in [0.1, 0.15) is 17.2 Å². The Morgan fingerprint density at radius 1 is 1.05 bits per heavy atom. The Morgan fingerprint density at radius 2 is 1.67 bits per heavy atom. The Hall–Kier alpha value is -1.42. The maximum atomic E-state index is 5.86.